The SMILES string of the molecule is C[N-]CC(C)O. The fourth-order valence-electron chi connectivity index (χ4n) is 0.264. The van der Waals surface area contributed by atoms with Crippen LogP contribution in [0.15, 0.2) is 0 Å². The van der Waals surface area contributed by atoms with E-state index in [0.29, 0.717) is 6.54 Å². The Morgan fingerprint density at radius 3 is 2.33 bits per heavy atom. The molecule has 6 heavy (non-hydrogen) atoms. The topological polar surface area (TPSA) is 34.3 Å². The molecule has 0 rings (SSSR count). The molecule has 0 heterocycles. The summed E-state index contributed by atoms with van der Waals surface area (Å²) in [6, 6.07) is 0. The number of aliphatic hydroxyl groups is 1. The van der Waals surface area contributed by atoms with Gasteiger partial charge in [0.1, 0.15) is 0 Å². The van der Waals surface area contributed by atoms with Crippen molar-refractivity contribution in [1.82, 2.24) is 0 Å². The van der Waals surface area contributed by atoms with Crippen LogP contribution in [0.4, 0.5) is 0 Å². The number of likely N-dealkylation sites (N-methyl/N-ethyl adjacent to an activating group) is 1. The Morgan fingerprint density at radius 1 is 1.83 bits per heavy atom. The van der Waals surface area contributed by atoms with E-state index < -0.39 is 0 Å². The first-order valence-electron chi connectivity index (χ1n) is 2.01. The minimum absolute atomic E-state index is 0.269. The second-order valence-electron chi connectivity index (χ2n) is 1.35. The van der Waals surface area contributed by atoms with E-state index in [-0.39, 0.29) is 6.10 Å². The van der Waals surface area contributed by atoms with Gasteiger partial charge in [-0.05, 0) is 6.92 Å². The van der Waals surface area contributed by atoms with Crippen molar-refractivity contribution < 1.29 is 5.11 Å². The number of nitrogens with zero attached hydrogens (tertiary/aromatic N) is 1. The number of aliphatic hydroxyl groups excluding tert-OH is 1. The standard InChI is InChI=1S/C4H10NO/c1-4(6)3-5-2/h4,6H,3H2,1-2H3/q-1. The van der Waals surface area contributed by atoms with Gasteiger partial charge in [0.15, 0.2) is 0 Å². The normalized spacial score (nSPS) is 14.5. The van der Waals surface area contributed by atoms with E-state index in [2.05, 4.69) is 5.32 Å². The monoisotopic (exact) mass is 88.1 g/mol. The summed E-state index contributed by atoms with van der Waals surface area (Å²) in [5.41, 5.74) is 0. The molecule has 0 spiro atoms. The molecule has 0 radical (unpaired) electrons. The minimum atomic E-state index is -0.269. The fraction of sp³-hybridized carbons (Fsp3) is 1.00. The molecule has 0 aromatic heterocycles. The zero-order chi connectivity index (χ0) is 4.99. The Morgan fingerprint density at radius 2 is 2.33 bits per heavy atom. The predicted octanol–water partition coefficient (Wildman–Crippen LogP) is 0.371. The second kappa shape index (κ2) is 3.12. The minimum Gasteiger partial charge on any atom is -0.663 e. The molecule has 0 aliphatic carbocycles. The van der Waals surface area contributed by atoms with Crippen LogP contribution in [0.25, 0.3) is 5.32 Å². The molecule has 0 fully saturated rings. The van der Waals surface area contributed by atoms with Gasteiger partial charge in [-0.15, -0.1) is 6.54 Å². The van der Waals surface area contributed by atoms with E-state index in [1.54, 1.807) is 14.0 Å². The average molecular weight is 88.1 g/mol. The number of rotatable bonds is 2. The van der Waals surface area contributed by atoms with Gasteiger partial charge >= 0.3 is 0 Å². The summed E-state index contributed by atoms with van der Waals surface area (Å²) in [5, 5.41) is 12.1. The maximum absolute atomic E-state index is 8.46. The summed E-state index contributed by atoms with van der Waals surface area (Å²) in [6.45, 7) is 2.27. The quantitative estimate of drug-likeness (QED) is 0.520. The predicted molar refractivity (Wildman–Crippen MR) is 25.8 cm³/mol. The summed E-state index contributed by atoms with van der Waals surface area (Å²) in [7, 11) is 1.69. The van der Waals surface area contributed by atoms with Crippen molar-refractivity contribution >= 4 is 0 Å². The van der Waals surface area contributed by atoms with Crippen LogP contribution >= 0.6 is 0 Å². The second-order valence-corrected chi connectivity index (χ2v) is 1.35. The lowest BCUT2D eigenvalue weighted by molar-refractivity contribution is 0.210. The smallest absolute Gasteiger partial charge is 0.0324 e. The molecule has 0 aliphatic rings. The van der Waals surface area contributed by atoms with Crippen LogP contribution < -0.4 is 0 Å². The molecule has 0 aromatic carbocycles. The molecule has 1 unspecified atom stereocenters. The van der Waals surface area contributed by atoms with Crippen molar-refractivity contribution in [2.75, 3.05) is 13.6 Å². The molecule has 0 aliphatic heterocycles. The van der Waals surface area contributed by atoms with Gasteiger partial charge in [0.2, 0.25) is 0 Å². The van der Waals surface area contributed by atoms with Crippen molar-refractivity contribution in [3.05, 3.63) is 5.32 Å². The summed E-state index contributed by atoms with van der Waals surface area (Å²) in [6.07, 6.45) is -0.269. The van der Waals surface area contributed by atoms with E-state index >= 15 is 0 Å². The highest BCUT2D eigenvalue weighted by Gasteiger charge is 1.77. The third-order valence-corrected chi connectivity index (χ3v) is 0.447. The summed E-state index contributed by atoms with van der Waals surface area (Å²) in [5.74, 6) is 0. The Balaban J connectivity index is 2.63. The molecule has 0 aromatic rings. The van der Waals surface area contributed by atoms with E-state index in [1.807, 2.05) is 0 Å². The fourth-order valence-corrected chi connectivity index (χ4v) is 0.264. The zero-order valence-corrected chi connectivity index (χ0v) is 4.18. The lowest BCUT2D eigenvalue weighted by Crippen LogP contribution is -2.03. The van der Waals surface area contributed by atoms with E-state index in [4.69, 9.17) is 5.11 Å². The highest BCUT2D eigenvalue weighted by Crippen LogP contribution is 1.82. The Labute approximate surface area is 38.2 Å². The highest BCUT2D eigenvalue weighted by molar-refractivity contribution is 4.72. The Bertz CT molecular complexity index is 28.7. The first-order chi connectivity index (χ1) is 2.77. The van der Waals surface area contributed by atoms with E-state index in [9.17, 15) is 0 Å². The lowest BCUT2D eigenvalue weighted by atomic mass is 10.4. The molecule has 2 nitrogen and oxygen atoms in total. The molecule has 1 N–H and O–H groups in total. The van der Waals surface area contributed by atoms with Gasteiger partial charge in [0, 0.05) is 6.10 Å². The summed E-state index contributed by atoms with van der Waals surface area (Å²) < 4.78 is 0. The Kier molecular flexibility index (Phi) is 3.08. The van der Waals surface area contributed by atoms with Crippen molar-refractivity contribution in [1.29, 1.82) is 0 Å². The van der Waals surface area contributed by atoms with Crippen LogP contribution in [0.1, 0.15) is 6.92 Å². The van der Waals surface area contributed by atoms with Crippen LogP contribution in [0.2, 0.25) is 0 Å². The molecule has 2 heteroatoms. The van der Waals surface area contributed by atoms with Gasteiger partial charge in [0.05, 0.1) is 0 Å². The van der Waals surface area contributed by atoms with Gasteiger partial charge < -0.3 is 10.4 Å². The molecular weight excluding hydrogens is 78.0 g/mol. The summed E-state index contributed by atoms with van der Waals surface area (Å²) in [4.78, 5) is 0. The maximum atomic E-state index is 8.46. The zero-order valence-electron chi connectivity index (χ0n) is 4.18. The van der Waals surface area contributed by atoms with Crippen molar-refractivity contribution in [3.63, 3.8) is 0 Å². The van der Waals surface area contributed by atoms with Crippen LogP contribution in [0, 0.1) is 0 Å². The van der Waals surface area contributed by atoms with Gasteiger partial charge in [-0.3, -0.25) is 0 Å². The molecule has 0 bridgehead atoms. The van der Waals surface area contributed by atoms with Crippen LogP contribution in [-0.4, -0.2) is 24.8 Å². The van der Waals surface area contributed by atoms with Crippen molar-refractivity contribution in [3.8, 4) is 0 Å². The van der Waals surface area contributed by atoms with E-state index in [0.717, 1.165) is 0 Å². The van der Waals surface area contributed by atoms with Crippen LogP contribution in [-0.2, 0) is 0 Å². The number of hydrogen-bond donors (Lipinski definition) is 1. The van der Waals surface area contributed by atoms with Crippen LogP contribution in [0.5, 0.6) is 0 Å². The van der Waals surface area contributed by atoms with Crippen molar-refractivity contribution in [2.45, 2.75) is 13.0 Å². The first kappa shape index (κ1) is 5.92. The lowest BCUT2D eigenvalue weighted by Gasteiger charge is -2.11. The third kappa shape index (κ3) is 3.92. The highest BCUT2D eigenvalue weighted by atomic mass is 16.3. The number of hydrogen-bond acceptors (Lipinski definition) is 1. The molecule has 0 saturated carbocycles. The molecule has 38 valence electrons. The summed E-state index contributed by atoms with van der Waals surface area (Å²) >= 11 is 0. The third-order valence-electron chi connectivity index (χ3n) is 0.447. The average Bonchev–Trinajstić information content (AvgIpc) is 1.35. The van der Waals surface area contributed by atoms with Gasteiger partial charge in [0.25, 0.3) is 0 Å². The Hall–Kier alpha value is -0.0800. The first-order valence-corrected chi connectivity index (χ1v) is 2.01. The van der Waals surface area contributed by atoms with Crippen LogP contribution in [0.3, 0.4) is 0 Å². The molecular formula is C4H10NO-. The van der Waals surface area contributed by atoms with Gasteiger partial charge in [-0.25, -0.2) is 0 Å². The largest absolute Gasteiger partial charge is 0.663 e. The molecule has 1 atom stereocenters. The van der Waals surface area contributed by atoms with E-state index in [1.165, 1.54) is 0 Å². The van der Waals surface area contributed by atoms with Gasteiger partial charge in [-0.2, -0.15) is 7.05 Å². The molecule has 0 amide bonds. The van der Waals surface area contributed by atoms with Gasteiger partial charge in [-0.1, -0.05) is 0 Å². The van der Waals surface area contributed by atoms with Crippen molar-refractivity contribution in [2.24, 2.45) is 0 Å². The maximum Gasteiger partial charge on any atom is 0.0324 e. The molecule has 0 saturated heterocycles.